The average molecular weight is 272 g/mol. The fourth-order valence-corrected chi connectivity index (χ4v) is 1.29. The Morgan fingerprint density at radius 1 is 1.61 bits per heavy atom. The van der Waals surface area contributed by atoms with Gasteiger partial charge in [-0.1, -0.05) is 11.6 Å². The van der Waals surface area contributed by atoms with Crippen LogP contribution in [0.1, 0.15) is 6.92 Å². The maximum absolute atomic E-state index is 10.5. The van der Waals surface area contributed by atoms with Gasteiger partial charge in [0.2, 0.25) is 0 Å². The Morgan fingerprint density at radius 2 is 2.28 bits per heavy atom. The molecule has 0 unspecified atom stereocenters. The topological polar surface area (TPSA) is 89.7 Å². The molecule has 1 aromatic carbocycles. The second-order valence-corrected chi connectivity index (χ2v) is 3.78. The van der Waals surface area contributed by atoms with Crippen LogP contribution in [0.2, 0.25) is 5.02 Å². The van der Waals surface area contributed by atoms with Crippen LogP contribution in [0.3, 0.4) is 0 Å². The van der Waals surface area contributed by atoms with Crippen LogP contribution < -0.4 is 4.74 Å². The average Bonchev–Trinajstić information content (AvgIpc) is 2.30. The van der Waals surface area contributed by atoms with Crippen LogP contribution in [-0.4, -0.2) is 22.6 Å². The van der Waals surface area contributed by atoms with Gasteiger partial charge >= 0.3 is 5.97 Å². The van der Waals surface area contributed by atoms with Crippen LogP contribution in [-0.2, 0) is 4.79 Å². The van der Waals surface area contributed by atoms with Crippen LogP contribution in [0.25, 0.3) is 0 Å². The first-order valence-corrected chi connectivity index (χ1v) is 5.26. The molecule has 6 nitrogen and oxygen atoms in total. The minimum atomic E-state index is -1.03. The highest BCUT2D eigenvalue weighted by atomic mass is 35.5. The molecule has 0 spiro atoms. The van der Waals surface area contributed by atoms with Crippen molar-refractivity contribution < 1.29 is 19.6 Å². The monoisotopic (exact) mass is 271 g/mol. The Balaban J connectivity index is 2.72. The van der Waals surface area contributed by atoms with Crippen molar-refractivity contribution in [2.75, 3.05) is 6.61 Å². The van der Waals surface area contributed by atoms with E-state index in [0.29, 0.717) is 0 Å². The number of carbonyl (C=O) groups is 1. The second-order valence-electron chi connectivity index (χ2n) is 3.38. The van der Waals surface area contributed by atoms with E-state index >= 15 is 0 Å². The Morgan fingerprint density at radius 3 is 2.78 bits per heavy atom. The molecule has 1 aromatic rings. The molecule has 0 amide bonds. The smallest absolute Gasteiger partial charge is 0.331 e. The predicted molar refractivity (Wildman–Crippen MR) is 65.0 cm³/mol. The number of nitro benzene ring substituents is 1. The summed E-state index contributed by atoms with van der Waals surface area (Å²) in [6, 6.07) is 3.80. The van der Waals surface area contributed by atoms with Gasteiger partial charge in [-0.25, -0.2) is 4.79 Å². The van der Waals surface area contributed by atoms with Crippen molar-refractivity contribution in [3.63, 3.8) is 0 Å². The molecule has 0 atom stereocenters. The minimum absolute atomic E-state index is 0.0235. The lowest BCUT2D eigenvalue weighted by atomic mass is 10.3. The molecule has 0 saturated heterocycles. The van der Waals surface area contributed by atoms with Crippen molar-refractivity contribution >= 4 is 23.3 Å². The van der Waals surface area contributed by atoms with E-state index in [2.05, 4.69) is 0 Å². The van der Waals surface area contributed by atoms with Crippen molar-refractivity contribution in [2.45, 2.75) is 6.92 Å². The summed E-state index contributed by atoms with van der Waals surface area (Å²) >= 11 is 5.78. The van der Waals surface area contributed by atoms with Gasteiger partial charge in [-0.2, -0.15) is 0 Å². The molecule has 0 aromatic heterocycles. The third-order valence-corrected chi connectivity index (χ3v) is 2.39. The highest BCUT2D eigenvalue weighted by Gasteiger charge is 2.09. The van der Waals surface area contributed by atoms with Crippen LogP contribution in [0.4, 0.5) is 5.69 Å². The minimum Gasteiger partial charge on any atom is -0.488 e. The summed E-state index contributed by atoms with van der Waals surface area (Å²) in [6.45, 7) is 1.46. The molecule has 1 rings (SSSR count). The number of hydrogen-bond acceptors (Lipinski definition) is 4. The Bertz CT molecular complexity index is 512. The molecule has 18 heavy (non-hydrogen) atoms. The molecule has 0 heterocycles. The van der Waals surface area contributed by atoms with Gasteiger partial charge in [0.05, 0.1) is 9.95 Å². The fourth-order valence-electron chi connectivity index (χ4n) is 1.06. The number of carboxylic acids is 1. The maximum Gasteiger partial charge on any atom is 0.331 e. The van der Waals surface area contributed by atoms with Crippen molar-refractivity contribution in [3.05, 3.63) is 45.0 Å². The zero-order chi connectivity index (χ0) is 13.7. The van der Waals surface area contributed by atoms with Gasteiger partial charge in [0.25, 0.3) is 5.69 Å². The van der Waals surface area contributed by atoms with Gasteiger partial charge in [0.15, 0.2) is 0 Å². The SMILES string of the molecule is CC(=CCOc1ccc([N+](=O)[O-])cc1Cl)C(=O)O. The van der Waals surface area contributed by atoms with E-state index in [1.54, 1.807) is 0 Å². The first-order chi connectivity index (χ1) is 8.41. The molecule has 0 fully saturated rings. The quantitative estimate of drug-likeness (QED) is 0.505. The van der Waals surface area contributed by atoms with Crippen LogP contribution >= 0.6 is 11.6 Å². The lowest BCUT2D eigenvalue weighted by molar-refractivity contribution is -0.384. The number of hydrogen-bond donors (Lipinski definition) is 1. The van der Waals surface area contributed by atoms with Crippen LogP contribution in [0.5, 0.6) is 5.75 Å². The standard InChI is InChI=1S/C11H10ClNO5/c1-7(11(14)15)4-5-18-10-3-2-8(13(16)17)6-9(10)12/h2-4,6H,5H2,1H3,(H,14,15). The number of carboxylic acid groups (broad SMARTS) is 1. The Labute approximate surface area is 108 Å². The lowest BCUT2D eigenvalue weighted by Gasteiger charge is -2.05. The maximum atomic E-state index is 10.5. The van der Waals surface area contributed by atoms with Gasteiger partial charge in [-0.05, 0) is 19.1 Å². The normalized spacial score (nSPS) is 11.1. The zero-order valence-corrected chi connectivity index (χ0v) is 10.2. The number of ether oxygens (including phenoxy) is 1. The van der Waals surface area contributed by atoms with E-state index in [0.717, 1.165) is 0 Å². The summed E-state index contributed by atoms with van der Waals surface area (Å²) in [5.74, 6) is -0.773. The number of non-ortho nitro benzene ring substituents is 1. The van der Waals surface area contributed by atoms with E-state index in [1.165, 1.54) is 31.2 Å². The van der Waals surface area contributed by atoms with Crippen LogP contribution in [0.15, 0.2) is 29.8 Å². The molecule has 96 valence electrons. The summed E-state index contributed by atoms with van der Waals surface area (Å²) in [5.41, 5.74) is 0.0117. The van der Waals surface area contributed by atoms with E-state index in [-0.39, 0.29) is 28.6 Å². The molecule has 0 aliphatic carbocycles. The van der Waals surface area contributed by atoms with Gasteiger partial charge < -0.3 is 9.84 Å². The molecule has 0 radical (unpaired) electrons. The lowest BCUT2D eigenvalue weighted by Crippen LogP contribution is -2.01. The highest BCUT2D eigenvalue weighted by molar-refractivity contribution is 6.32. The number of halogens is 1. The summed E-state index contributed by atoms with van der Waals surface area (Å²) in [6.07, 6.45) is 1.38. The molecule has 7 heteroatoms. The largest absolute Gasteiger partial charge is 0.488 e. The van der Waals surface area contributed by atoms with Crippen molar-refractivity contribution in [3.8, 4) is 5.75 Å². The third-order valence-electron chi connectivity index (χ3n) is 2.09. The van der Waals surface area contributed by atoms with Crippen LogP contribution in [0, 0.1) is 10.1 Å². The number of benzene rings is 1. The fraction of sp³-hybridized carbons (Fsp3) is 0.182. The van der Waals surface area contributed by atoms with Gasteiger partial charge in [-0.15, -0.1) is 0 Å². The van der Waals surface area contributed by atoms with Crippen molar-refractivity contribution in [1.29, 1.82) is 0 Å². The highest BCUT2D eigenvalue weighted by Crippen LogP contribution is 2.28. The molecular formula is C11H10ClNO5. The molecule has 0 aliphatic rings. The van der Waals surface area contributed by atoms with Crippen molar-refractivity contribution in [1.82, 2.24) is 0 Å². The van der Waals surface area contributed by atoms with Gasteiger partial charge in [0.1, 0.15) is 12.4 Å². The molecule has 0 saturated carbocycles. The first kappa shape index (κ1) is 14.0. The number of rotatable bonds is 5. The number of nitrogens with zero attached hydrogens (tertiary/aromatic N) is 1. The van der Waals surface area contributed by atoms with E-state index in [1.807, 2.05) is 0 Å². The van der Waals surface area contributed by atoms with Crippen molar-refractivity contribution in [2.24, 2.45) is 0 Å². The van der Waals surface area contributed by atoms with E-state index in [4.69, 9.17) is 21.4 Å². The molecule has 1 N–H and O–H groups in total. The van der Waals surface area contributed by atoms with E-state index in [9.17, 15) is 14.9 Å². The first-order valence-electron chi connectivity index (χ1n) is 4.88. The number of aliphatic carboxylic acids is 1. The summed E-state index contributed by atoms with van der Waals surface area (Å²) in [4.78, 5) is 20.4. The molecule has 0 bridgehead atoms. The summed E-state index contributed by atoms with van der Waals surface area (Å²) in [5, 5.41) is 19.2. The summed E-state index contributed by atoms with van der Waals surface area (Å²) in [7, 11) is 0. The van der Waals surface area contributed by atoms with Gasteiger partial charge in [-0.3, -0.25) is 10.1 Å². The third kappa shape index (κ3) is 3.74. The second kappa shape index (κ2) is 6.02. The van der Waals surface area contributed by atoms with E-state index < -0.39 is 10.9 Å². The summed E-state index contributed by atoms with van der Waals surface area (Å²) < 4.78 is 5.20. The molecule has 0 aliphatic heterocycles. The zero-order valence-electron chi connectivity index (χ0n) is 9.42. The molecular weight excluding hydrogens is 262 g/mol. The van der Waals surface area contributed by atoms with Gasteiger partial charge in [0, 0.05) is 17.7 Å². The Hall–Kier alpha value is -2.08. The number of nitro groups is 1. The predicted octanol–water partition coefficient (Wildman–Crippen LogP) is 2.66. The Kier molecular flexibility index (Phi) is 4.67.